The highest BCUT2D eigenvalue weighted by Crippen LogP contribution is 2.44. The van der Waals surface area contributed by atoms with Gasteiger partial charge in [0, 0.05) is 22.0 Å². The Bertz CT molecular complexity index is 983. The predicted octanol–water partition coefficient (Wildman–Crippen LogP) is 5.68. The van der Waals surface area contributed by atoms with E-state index in [4.69, 9.17) is 38.4 Å². The van der Waals surface area contributed by atoms with E-state index in [2.05, 4.69) is 5.32 Å². The zero-order chi connectivity index (χ0) is 22.8. The van der Waals surface area contributed by atoms with E-state index in [0.717, 1.165) is 16.2 Å². The second kappa shape index (κ2) is 9.87. The molecule has 0 bridgehead atoms. The first-order valence-electron chi connectivity index (χ1n) is 9.25. The number of halogens is 5. The quantitative estimate of drug-likeness (QED) is 0.399. The van der Waals surface area contributed by atoms with Crippen molar-refractivity contribution in [1.29, 1.82) is 0 Å². The number of amides is 1. The van der Waals surface area contributed by atoms with Crippen molar-refractivity contribution in [3.63, 3.8) is 0 Å². The van der Waals surface area contributed by atoms with Gasteiger partial charge in [0.1, 0.15) is 0 Å². The lowest BCUT2D eigenvalue weighted by molar-refractivity contribution is -0.142. The summed E-state index contributed by atoms with van der Waals surface area (Å²) in [4.78, 5) is 13.6. The smallest absolute Gasteiger partial charge is 0.397 e. The minimum atomic E-state index is -4.80. The summed E-state index contributed by atoms with van der Waals surface area (Å²) in [5, 5.41) is 2.66. The van der Waals surface area contributed by atoms with Crippen LogP contribution >= 0.6 is 35.0 Å². The number of anilines is 1. The summed E-state index contributed by atoms with van der Waals surface area (Å²) in [6.45, 7) is 2.27. The number of carbonyl (C=O) groups excluding carboxylic acids is 1. The maximum atomic E-state index is 13.7. The van der Waals surface area contributed by atoms with E-state index in [1.807, 2.05) is 13.0 Å². The zero-order valence-corrected chi connectivity index (χ0v) is 18.6. The number of carbonyl (C=O) groups is 1. The van der Waals surface area contributed by atoms with Crippen LogP contribution in [0.4, 0.5) is 18.9 Å². The molecule has 1 aliphatic rings. The Morgan fingerprint density at radius 3 is 2.55 bits per heavy atom. The maximum Gasteiger partial charge on any atom is 0.416 e. The average molecular weight is 495 g/mol. The van der Waals surface area contributed by atoms with Crippen molar-refractivity contribution in [3.05, 3.63) is 56.6 Å². The number of alkyl halides is 3. The lowest BCUT2D eigenvalue weighted by atomic mass is 10.00. The van der Waals surface area contributed by atoms with Gasteiger partial charge in [-0.2, -0.15) is 13.2 Å². The van der Waals surface area contributed by atoms with Gasteiger partial charge < -0.3 is 20.5 Å². The van der Waals surface area contributed by atoms with Crippen molar-refractivity contribution in [2.75, 3.05) is 24.7 Å². The number of hydrogen-bond acceptors (Lipinski definition) is 5. The molecule has 2 aromatic carbocycles. The minimum absolute atomic E-state index is 0.0523. The van der Waals surface area contributed by atoms with Crippen molar-refractivity contribution in [2.45, 2.75) is 30.8 Å². The molecule has 1 aliphatic heterocycles. The average Bonchev–Trinajstić information content (AvgIpc) is 3.23. The predicted molar refractivity (Wildman–Crippen MR) is 115 cm³/mol. The SMILES string of the molecule is CCSc1ccc(Cl)cc1CNC(=O)c1cc(C(F)(F)F)c(C2OCCO2)c(Cl)c1N. The summed E-state index contributed by atoms with van der Waals surface area (Å²) in [6.07, 6.45) is -6.10. The molecular weight excluding hydrogens is 476 g/mol. The van der Waals surface area contributed by atoms with E-state index in [1.54, 1.807) is 23.9 Å². The number of hydrogen-bond donors (Lipinski definition) is 2. The summed E-state index contributed by atoms with van der Waals surface area (Å²) >= 11 is 13.7. The Kier molecular flexibility index (Phi) is 7.64. The molecule has 1 amide bonds. The van der Waals surface area contributed by atoms with Gasteiger partial charge in [0.05, 0.1) is 35.1 Å². The van der Waals surface area contributed by atoms with Gasteiger partial charge in [-0.05, 0) is 35.6 Å². The fourth-order valence-corrected chi connectivity index (χ4v) is 4.39. The number of ether oxygens (including phenoxy) is 2. The zero-order valence-electron chi connectivity index (χ0n) is 16.3. The van der Waals surface area contributed by atoms with E-state index in [-0.39, 0.29) is 31.0 Å². The topological polar surface area (TPSA) is 73.6 Å². The third-order valence-electron chi connectivity index (χ3n) is 4.51. The van der Waals surface area contributed by atoms with Gasteiger partial charge in [0.15, 0.2) is 6.29 Å². The molecule has 0 spiro atoms. The summed E-state index contributed by atoms with van der Waals surface area (Å²) in [5.74, 6) is 0.00414. The molecule has 2 aromatic rings. The van der Waals surface area contributed by atoms with E-state index < -0.39 is 34.5 Å². The number of thioether (sulfide) groups is 1. The molecule has 11 heteroatoms. The van der Waals surface area contributed by atoms with Crippen LogP contribution in [-0.4, -0.2) is 24.9 Å². The monoisotopic (exact) mass is 494 g/mol. The summed E-state index contributed by atoms with van der Waals surface area (Å²) in [6, 6.07) is 5.91. The second-order valence-electron chi connectivity index (χ2n) is 6.55. The van der Waals surface area contributed by atoms with Crippen LogP contribution in [0.3, 0.4) is 0 Å². The summed E-state index contributed by atoms with van der Waals surface area (Å²) in [7, 11) is 0. The molecule has 3 N–H and O–H groups in total. The van der Waals surface area contributed by atoms with Crippen molar-refractivity contribution in [2.24, 2.45) is 0 Å². The Morgan fingerprint density at radius 1 is 1.26 bits per heavy atom. The van der Waals surface area contributed by atoms with E-state index in [1.165, 1.54) is 0 Å². The van der Waals surface area contributed by atoms with Crippen molar-refractivity contribution < 1.29 is 27.4 Å². The molecule has 0 aromatic heterocycles. The Balaban J connectivity index is 1.93. The van der Waals surface area contributed by atoms with Gasteiger partial charge in [0.2, 0.25) is 0 Å². The molecule has 31 heavy (non-hydrogen) atoms. The second-order valence-corrected chi connectivity index (χ2v) is 8.67. The molecule has 0 atom stereocenters. The Labute approximate surface area is 191 Å². The summed E-state index contributed by atoms with van der Waals surface area (Å²) < 4.78 is 51.6. The standard InChI is InChI=1S/C20H19Cl2F3N2O3S/c1-2-31-14-4-3-11(21)7-10(14)9-27-18(28)12-8-13(20(23,24)25)15(16(22)17(12)26)19-29-5-6-30-19/h3-4,7-8,19H,2,5-6,9,26H2,1H3,(H,27,28). The van der Waals surface area contributed by atoms with E-state index in [0.29, 0.717) is 11.1 Å². The van der Waals surface area contributed by atoms with Gasteiger partial charge in [-0.25, -0.2) is 0 Å². The molecular formula is C20H19Cl2F3N2O3S. The highest BCUT2D eigenvalue weighted by molar-refractivity contribution is 7.99. The summed E-state index contributed by atoms with van der Waals surface area (Å²) in [5.41, 5.74) is 4.44. The van der Waals surface area contributed by atoms with Crippen molar-refractivity contribution in [3.8, 4) is 0 Å². The van der Waals surface area contributed by atoms with Gasteiger partial charge in [0.25, 0.3) is 5.91 Å². The minimum Gasteiger partial charge on any atom is -0.397 e. The van der Waals surface area contributed by atoms with Gasteiger partial charge >= 0.3 is 6.18 Å². The third-order valence-corrected chi connectivity index (χ3v) is 6.15. The van der Waals surface area contributed by atoms with Crippen molar-refractivity contribution >= 4 is 46.6 Å². The largest absolute Gasteiger partial charge is 0.416 e. The van der Waals surface area contributed by atoms with Gasteiger partial charge in [-0.1, -0.05) is 30.1 Å². The van der Waals surface area contributed by atoms with Crippen LogP contribution in [0.5, 0.6) is 0 Å². The highest BCUT2D eigenvalue weighted by Gasteiger charge is 2.40. The van der Waals surface area contributed by atoms with E-state index in [9.17, 15) is 18.0 Å². The first kappa shape index (κ1) is 24.0. The molecule has 1 heterocycles. The van der Waals surface area contributed by atoms with E-state index >= 15 is 0 Å². The van der Waals surface area contributed by atoms with Crippen LogP contribution in [0.15, 0.2) is 29.2 Å². The number of nitrogen functional groups attached to an aromatic ring is 1. The number of nitrogens with two attached hydrogens (primary N) is 1. The van der Waals surface area contributed by atoms with Crippen LogP contribution in [0.2, 0.25) is 10.0 Å². The highest BCUT2D eigenvalue weighted by atomic mass is 35.5. The molecule has 0 saturated carbocycles. The maximum absolute atomic E-state index is 13.7. The fourth-order valence-electron chi connectivity index (χ4n) is 3.11. The number of rotatable bonds is 6. The first-order chi connectivity index (χ1) is 14.6. The normalized spacial score (nSPS) is 14.8. The van der Waals surface area contributed by atoms with Crippen molar-refractivity contribution in [1.82, 2.24) is 5.32 Å². The first-order valence-corrected chi connectivity index (χ1v) is 11.0. The lowest BCUT2D eigenvalue weighted by Crippen LogP contribution is -2.26. The molecule has 0 unspecified atom stereocenters. The fraction of sp³-hybridized carbons (Fsp3) is 0.350. The lowest BCUT2D eigenvalue weighted by Gasteiger charge is -2.21. The molecule has 0 radical (unpaired) electrons. The number of nitrogens with one attached hydrogen (secondary N) is 1. The Hall–Kier alpha value is -1.65. The van der Waals surface area contributed by atoms with Crippen LogP contribution in [0.1, 0.15) is 40.3 Å². The van der Waals surface area contributed by atoms with Gasteiger partial charge in [-0.3, -0.25) is 4.79 Å². The molecule has 1 saturated heterocycles. The van der Waals surface area contributed by atoms with Crippen LogP contribution in [0.25, 0.3) is 0 Å². The Morgan fingerprint density at radius 2 is 1.94 bits per heavy atom. The molecule has 168 valence electrons. The van der Waals surface area contributed by atoms with Crippen LogP contribution in [-0.2, 0) is 22.2 Å². The molecule has 5 nitrogen and oxygen atoms in total. The molecule has 1 fully saturated rings. The molecule has 3 rings (SSSR count). The van der Waals surface area contributed by atoms with Crippen LogP contribution in [0, 0.1) is 0 Å². The van der Waals surface area contributed by atoms with Crippen LogP contribution < -0.4 is 11.1 Å². The molecule has 0 aliphatic carbocycles. The van der Waals surface area contributed by atoms with Gasteiger partial charge in [-0.15, -0.1) is 11.8 Å². The third kappa shape index (κ3) is 5.40. The number of benzene rings is 2.